The minimum Gasteiger partial charge on any atom is -0.369 e. The standard InChI is InChI=1S/C29H36ClN7O/c1-6-20-9-11-24-21(16-20)17-23(28(38)31-24)26(27-32-33-34-37(27)29(4,5)7-2)36-14-12-35(13-15-36)25-18-22(30)10-8-19(25)3/h8-11,16-18,26H,6-7,12-15H2,1-5H3,(H,31,38)/t26-/m0/s1. The Bertz CT molecular complexity index is 1500. The Morgan fingerprint density at radius 3 is 2.53 bits per heavy atom. The number of nitrogens with one attached hydrogen (secondary N) is 1. The number of halogens is 1. The Balaban J connectivity index is 1.57. The molecule has 0 aliphatic carbocycles. The lowest BCUT2D eigenvalue weighted by Gasteiger charge is -2.40. The van der Waals surface area contributed by atoms with Gasteiger partial charge < -0.3 is 9.88 Å². The average Bonchev–Trinajstić information content (AvgIpc) is 3.41. The van der Waals surface area contributed by atoms with E-state index in [9.17, 15) is 4.79 Å². The van der Waals surface area contributed by atoms with Crippen LogP contribution in [0.2, 0.25) is 5.02 Å². The fourth-order valence-electron chi connectivity index (χ4n) is 5.28. The third-order valence-corrected chi connectivity index (χ3v) is 8.24. The van der Waals surface area contributed by atoms with E-state index >= 15 is 0 Å². The number of H-pyrrole nitrogens is 1. The molecule has 0 unspecified atom stereocenters. The number of benzene rings is 2. The van der Waals surface area contributed by atoms with Crippen LogP contribution < -0.4 is 10.5 Å². The minimum absolute atomic E-state index is 0.108. The number of rotatable bonds is 7. The lowest BCUT2D eigenvalue weighted by atomic mass is 9.98. The van der Waals surface area contributed by atoms with Crippen LogP contribution >= 0.6 is 11.6 Å². The lowest BCUT2D eigenvalue weighted by molar-refractivity contribution is 0.186. The van der Waals surface area contributed by atoms with Crippen molar-refractivity contribution in [3.8, 4) is 0 Å². The van der Waals surface area contributed by atoms with Crippen molar-refractivity contribution < 1.29 is 0 Å². The molecule has 200 valence electrons. The number of hydrogen-bond acceptors (Lipinski definition) is 6. The SMILES string of the molecule is CCc1ccc2[nH]c(=O)c([C@@H](c3nnnn3C(C)(C)CC)N3CCN(c4cc(Cl)ccc4C)CC3)cc2c1. The first kappa shape index (κ1) is 26.4. The molecule has 0 bridgehead atoms. The van der Waals surface area contributed by atoms with Gasteiger partial charge in [0.05, 0.1) is 5.54 Å². The molecule has 1 fully saturated rings. The zero-order valence-corrected chi connectivity index (χ0v) is 23.6. The summed E-state index contributed by atoms with van der Waals surface area (Å²) in [4.78, 5) is 21.4. The first-order chi connectivity index (χ1) is 18.2. The molecular weight excluding hydrogens is 498 g/mol. The summed E-state index contributed by atoms with van der Waals surface area (Å²) in [5.74, 6) is 0.695. The second-order valence-corrected chi connectivity index (χ2v) is 11.2. The van der Waals surface area contributed by atoms with Crippen molar-refractivity contribution in [2.24, 2.45) is 0 Å². The summed E-state index contributed by atoms with van der Waals surface area (Å²) >= 11 is 6.32. The molecule has 0 radical (unpaired) electrons. The fraction of sp³-hybridized carbons (Fsp3) is 0.448. The van der Waals surface area contributed by atoms with E-state index in [1.807, 2.05) is 28.9 Å². The van der Waals surface area contributed by atoms with Gasteiger partial charge in [0.2, 0.25) is 0 Å². The molecule has 0 saturated carbocycles. The third kappa shape index (κ3) is 4.95. The highest BCUT2D eigenvalue weighted by atomic mass is 35.5. The summed E-state index contributed by atoms with van der Waals surface area (Å²) in [6.45, 7) is 13.7. The van der Waals surface area contributed by atoms with Gasteiger partial charge in [0.1, 0.15) is 6.04 Å². The number of pyridine rings is 1. The molecule has 4 aromatic rings. The summed E-state index contributed by atoms with van der Waals surface area (Å²) in [6.07, 6.45) is 1.79. The zero-order valence-electron chi connectivity index (χ0n) is 22.8. The molecular formula is C29H36ClN7O. The maximum absolute atomic E-state index is 13.6. The Morgan fingerprint density at radius 2 is 1.82 bits per heavy atom. The molecule has 3 heterocycles. The Kier molecular flexibility index (Phi) is 7.29. The van der Waals surface area contributed by atoms with Crippen molar-refractivity contribution in [2.75, 3.05) is 31.1 Å². The molecule has 1 atom stereocenters. The number of nitrogens with zero attached hydrogens (tertiary/aromatic N) is 6. The van der Waals surface area contributed by atoms with Gasteiger partial charge >= 0.3 is 0 Å². The van der Waals surface area contributed by atoms with Crippen LogP contribution in [0, 0.1) is 6.92 Å². The van der Waals surface area contributed by atoms with E-state index in [0.29, 0.717) is 11.4 Å². The van der Waals surface area contributed by atoms with Gasteiger partial charge in [-0.05, 0) is 90.9 Å². The van der Waals surface area contributed by atoms with Crippen molar-refractivity contribution in [1.82, 2.24) is 30.1 Å². The van der Waals surface area contributed by atoms with Crippen LogP contribution in [0.4, 0.5) is 5.69 Å². The smallest absolute Gasteiger partial charge is 0.253 e. The first-order valence-electron chi connectivity index (χ1n) is 13.4. The number of aryl methyl sites for hydroxylation is 2. The van der Waals surface area contributed by atoms with Crippen molar-refractivity contribution in [3.63, 3.8) is 0 Å². The number of aromatic nitrogens is 5. The minimum atomic E-state index is -0.378. The van der Waals surface area contributed by atoms with Crippen LogP contribution in [-0.2, 0) is 12.0 Å². The molecule has 0 amide bonds. The molecule has 8 nitrogen and oxygen atoms in total. The molecule has 38 heavy (non-hydrogen) atoms. The van der Waals surface area contributed by atoms with Gasteiger partial charge in [-0.2, -0.15) is 0 Å². The molecule has 9 heteroatoms. The highest BCUT2D eigenvalue weighted by Crippen LogP contribution is 2.33. The van der Waals surface area contributed by atoms with E-state index < -0.39 is 0 Å². The van der Waals surface area contributed by atoms with E-state index in [0.717, 1.165) is 60.6 Å². The molecule has 2 aromatic carbocycles. The Labute approximate surface area is 228 Å². The van der Waals surface area contributed by atoms with Gasteiger partial charge in [0.25, 0.3) is 5.56 Å². The van der Waals surface area contributed by atoms with Crippen molar-refractivity contribution in [1.29, 1.82) is 0 Å². The van der Waals surface area contributed by atoms with Gasteiger partial charge in [-0.15, -0.1) is 5.10 Å². The predicted octanol–water partition coefficient (Wildman–Crippen LogP) is 5.10. The second kappa shape index (κ2) is 10.5. The highest BCUT2D eigenvalue weighted by molar-refractivity contribution is 6.30. The monoisotopic (exact) mass is 533 g/mol. The molecule has 1 aliphatic rings. The number of tetrazole rings is 1. The lowest BCUT2D eigenvalue weighted by Crippen LogP contribution is -2.49. The van der Waals surface area contributed by atoms with Gasteiger partial charge in [-0.3, -0.25) is 9.69 Å². The van der Waals surface area contributed by atoms with Gasteiger partial charge in [-0.25, -0.2) is 4.68 Å². The number of aromatic amines is 1. The topological polar surface area (TPSA) is 82.9 Å². The number of hydrogen-bond donors (Lipinski definition) is 1. The summed E-state index contributed by atoms with van der Waals surface area (Å²) in [6, 6.07) is 13.9. The van der Waals surface area contributed by atoms with Crippen LogP contribution in [0.1, 0.15) is 62.7 Å². The van der Waals surface area contributed by atoms with E-state index in [1.165, 1.54) is 11.1 Å². The van der Waals surface area contributed by atoms with E-state index in [2.05, 4.69) is 83.1 Å². The number of fused-ring (bicyclic) bond motifs is 1. The van der Waals surface area contributed by atoms with Crippen LogP contribution in [0.5, 0.6) is 0 Å². The van der Waals surface area contributed by atoms with Crippen LogP contribution in [0.3, 0.4) is 0 Å². The van der Waals surface area contributed by atoms with E-state index in [1.54, 1.807) is 0 Å². The third-order valence-electron chi connectivity index (χ3n) is 8.01. The van der Waals surface area contributed by atoms with Crippen molar-refractivity contribution >= 4 is 28.2 Å². The summed E-state index contributed by atoms with van der Waals surface area (Å²) < 4.78 is 1.90. The Morgan fingerprint density at radius 1 is 1.05 bits per heavy atom. The fourth-order valence-corrected chi connectivity index (χ4v) is 5.45. The largest absolute Gasteiger partial charge is 0.369 e. The van der Waals surface area contributed by atoms with Crippen molar-refractivity contribution in [3.05, 3.63) is 80.4 Å². The molecule has 1 saturated heterocycles. The van der Waals surface area contributed by atoms with Crippen LogP contribution in [-0.4, -0.2) is 56.3 Å². The zero-order chi connectivity index (χ0) is 27.0. The summed E-state index contributed by atoms with van der Waals surface area (Å²) in [7, 11) is 0. The predicted molar refractivity (Wildman–Crippen MR) is 153 cm³/mol. The molecule has 0 spiro atoms. The average molecular weight is 534 g/mol. The van der Waals surface area contributed by atoms with Crippen molar-refractivity contribution in [2.45, 2.75) is 59.0 Å². The normalized spacial score (nSPS) is 15.8. The maximum atomic E-state index is 13.6. The number of piperazine rings is 1. The second-order valence-electron chi connectivity index (χ2n) is 10.8. The quantitative estimate of drug-likeness (QED) is 0.356. The number of anilines is 1. The van der Waals surface area contributed by atoms with E-state index in [4.69, 9.17) is 11.6 Å². The van der Waals surface area contributed by atoms with Gasteiger partial charge in [0.15, 0.2) is 5.82 Å². The molecule has 1 aliphatic heterocycles. The summed E-state index contributed by atoms with van der Waals surface area (Å²) in [5.41, 5.74) is 4.69. The van der Waals surface area contributed by atoms with Gasteiger partial charge in [0, 0.05) is 48.0 Å². The summed E-state index contributed by atoms with van der Waals surface area (Å²) in [5, 5.41) is 14.7. The molecule has 2 aromatic heterocycles. The molecule has 5 rings (SSSR count). The maximum Gasteiger partial charge on any atom is 0.253 e. The highest BCUT2D eigenvalue weighted by Gasteiger charge is 2.36. The van der Waals surface area contributed by atoms with E-state index in [-0.39, 0.29) is 17.1 Å². The van der Waals surface area contributed by atoms with Crippen LogP contribution in [0.15, 0.2) is 47.3 Å². The molecule has 1 N–H and O–H groups in total. The Hall–Kier alpha value is -3.23. The van der Waals surface area contributed by atoms with Crippen LogP contribution in [0.25, 0.3) is 10.9 Å². The first-order valence-corrected chi connectivity index (χ1v) is 13.8. The van der Waals surface area contributed by atoms with Gasteiger partial charge in [-0.1, -0.05) is 37.6 Å².